The zero-order valence-electron chi connectivity index (χ0n) is 22.4. The molecule has 2 heterocycles. The minimum absolute atomic E-state index is 0.0219. The standard InChI is InChI=1S/2C12H20N4O2/c2*1-14(2)10-13-11(17)16(12(18)15(10)3)9-7-5-4-6-8-9/h2*9H,4-8H2,1-3H3. The van der Waals surface area contributed by atoms with E-state index in [1.54, 1.807) is 52.1 Å². The van der Waals surface area contributed by atoms with Gasteiger partial charge in [0, 0.05) is 54.4 Å². The first-order valence-corrected chi connectivity index (χ1v) is 12.8. The highest BCUT2D eigenvalue weighted by molar-refractivity contribution is 5.26. The maximum Gasteiger partial charge on any atom is 0.355 e. The molecule has 0 unspecified atom stereocenters. The molecule has 0 N–H and O–H groups in total. The first-order valence-electron chi connectivity index (χ1n) is 12.8. The van der Waals surface area contributed by atoms with Crippen LogP contribution in [0.15, 0.2) is 19.2 Å². The Labute approximate surface area is 210 Å². The zero-order valence-corrected chi connectivity index (χ0v) is 22.4. The van der Waals surface area contributed by atoms with Crippen LogP contribution in [-0.4, -0.2) is 56.4 Å². The van der Waals surface area contributed by atoms with E-state index in [9.17, 15) is 19.2 Å². The topological polar surface area (TPSA) is 120 Å². The minimum atomic E-state index is -0.423. The van der Waals surface area contributed by atoms with Crippen LogP contribution in [0.1, 0.15) is 76.3 Å². The van der Waals surface area contributed by atoms with Crippen LogP contribution in [0.3, 0.4) is 0 Å². The molecule has 0 aromatic carbocycles. The molecule has 2 saturated carbocycles. The Morgan fingerprint density at radius 1 is 0.583 bits per heavy atom. The second-order valence-electron chi connectivity index (χ2n) is 10.2. The second-order valence-corrected chi connectivity index (χ2v) is 10.2. The number of hydrogen-bond acceptors (Lipinski definition) is 8. The summed E-state index contributed by atoms with van der Waals surface area (Å²) < 4.78 is 5.53. The zero-order chi connectivity index (χ0) is 26.6. The Bertz CT molecular complexity index is 1180. The molecule has 0 bridgehead atoms. The molecule has 12 nitrogen and oxygen atoms in total. The van der Waals surface area contributed by atoms with Gasteiger partial charge < -0.3 is 9.80 Å². The summed E-state index contributed by atoms with van der Waals surface area (Å²) in [6, 6.07) is 0.0438. The largest absolute Gasteiger partial charge is 0.355 e. The van der Waals surface area contributed by atoms with Gasteiger partial charge in [-0.25, -0.2) is 28.3 Å². The third-order valence-corrected chi connectivity index (χ3v) is 7.07. The number of aromatic nitrogens is 6. The van der Waals surface area contributed by atoms with Crippen molar-refractivity contribution >= 4 is 11.9 Å². The van der Waals surface area contributed by atoms with Crippen molar-refractivity contribution in [1.82, 2.24) is 28.2 Å². The Morgan fingerprint density at radius 2 is 0.889 bits per heavy atom. The third-order valence-electron chi connectivity index (χ3n) is 7.07. The van der Waals surface area contributed by atoms with E-state index in [0.717, 1.165) is 51.4 Å². The van der Waals surface area contributed by atoms with E-state index < -0.39 is 11.4 Å². The highest BCUT2D eigenvalue weighted by Gasteiger charge is 2.22. The molecule has 4 rings (SSSR count). The Morgan fingerprint density at radius 3 is 1.17 bits per heavy atom. The number of anilines is 2. The number of nitrogens with zero attached hydrogens (tertiary/aromatic N) is 8. The van der Waals surface area contributed by atoms with Crippen molar-refractivity contribution in [3.63, 3.8) is 0 Å². The lowest BCUT2D eigenvalue weighted by atomic mass is 9.95. The Hall–Kier alpha value is -3.18. The molecule has 0 saturated heterocycles. The SMILES string of the molecule is CN(C)c1nc(=O)n(C2CCCCC2)c(=O)n1C.CN(C)c1nc(=O)n(C2CCCCC2)c(=O)n1C. The number of rotatable bonds is 4. The van der Waals surface area contributed by atoms with Gasteiger partial charge in [0.05, 0.1) is 0 Å². The fourth-order valence-corrected chi connectivity index (χ4v) is 5.19. The summed E-state index contributed by atoms with van der Waals surface area (Å²) in [4.78, 5) is 60.0. The lowest BCUT2D eigenvalue weighted by Gasteiger charge is -2.24. The molecule has 200 valence electrons. The van der Waals surface area contributed by atoms with E-state index in [2.05, 4.69) is 9.97 Å². The van der Waals surface area contributed by atoms with E-state index in [-0.39, 0.29) is 23.5 Å². The number of hydrogen-bond donors (Lipinski definition) is 0. The van der Waals surface area contributed by atoms with Gasteiger partial charge in [-0.2, -0.15) is 9.97 Å². The highest BCUT2D eigenvalue weighted by Crippen LogP contribution is 2.26. The summed E-state index contributed by atoms with van der Waals surface area (Å²) >= 11 is 0. The second kappa shape index (κ2) is 11.7. The van der Waals surface area contributed by atoms with Crippen LogP contribution in [0.5, 0.6) is 0 Å². The van der Waals surface area contributed by atoms with Gasteiger partial charge in [0.1, 0.15) is 0 Å². The van der Waals surface area contributed by atoms with E-state index in [1.165, 1.54) is 31.1 Å². The Kier molecular flexibility index (Phi) is 8.91. The van der Waals surface area contributed by atoms with Crippen LogP contribution < -0.4 is 32.6 Å². The van der Waals surface area contributed by atoms with E-state index >= 15 is 0 Å². The molecule has 2 fully saturated rings. The van der Waals surface area contributed by atoms with Gasteiger partial charge in [-0.3, -0.25) is 9.13 Å². The molecule has 2 aromatic rings. The van der Waals surface area contributed by atoms with Gasteiger partial charge >= 0.3 is 22.8 Å². The molecule has 2 aromatic heterocycles. The van der Waals surface area contributed by atoms with Crippen LogP contribution in [0.25, 0.3) is 0 Å². The molecule has 2 aliphatic rings. The van der Waals surface area contributed by atoms with Crippen LogP contribution in [0.2, 0.25) is 0 Å². The molecular formula is C24H40N8O4. The van der Waals surface area contributed by atoms with Crippen LogP contribution in [0, 0.1) is 0 Å². The smallest absolute Gasteiger partial charge is 0.348 e. The predicted molar refractivity (Wildman–Crippen MR) is 140 cm³/mol. The van der Waals surface area contributed by atoms with E-state index in [1.807, 2.05) is 0 Å². The first kappa shape index (κ1) is 27.4. The van der Waals surface area contributed by atoms with Gasteiger partial charge in [-0.05, 0) is 25.7 Å². The van der Waals surface area contributed by atoms with Gasteiger partial charge in [0.25, 0.3) is 0 Å². The third kappa shape index (κ3) is 5.79. The lowest BCUT2D eigenvalue weighted by molar-refractivity contribution is 0.326. The molecule has 0 atom stereocenters. The summed E-state index contributed by atoms with van der Waals surface area (Å²) in [6.07, 6.45) is 10.3. The maximum atomic E-state index is 12.3. The predicted octanol–water partition coefficient (Wildman–Crippen LogP) is 1.03. The van der Waals surface area contributed by atoms with Crippen molar-refractivity contribution in [3.8, 4) is 0 Å². The van der Waals surface area contributed by atoms with Gasteiger partial charge in [-0.1, -0.05) is 38.5 Å². The molecule has 2 aliphatic carbocycles. The fourth-order valence-electron chi connectivity index (χ4n) is 5.19. The van der Waals surface area contributed by atoms with Crippen molar-refractivity contribution in [2.24, 2.45) is 14.1 Å². The monoisotopic (exact) mass is 504 g/mol. The molecule has 0 radical (unpaired) electrons. The van der Waals surface area contributed by atoms with Gasteiger partial charge in [-0.15, -0.1) is 0 Å². The summed E-state index contributed by atoms with van der Waals surface area (Å²) in [7, 11) is 10.4. The summed E-state index contributed by atoms with van der Waals surface area (Å²) in [6.45, 7) is 0. The van der Waals surface area contributed by atoms with Crippen LogP contribution in [-0.2, 0) is 14.1 Å². The van der Waals surface area contributed by atoms with E-state index in [4.69, 9.17) is 0 Å². The minimum Gasteiger partial charge on any atom is -0.348 e. The van der Waals surface area contributed by atoms with Gasteiger partial charge in [0.2, 0.25) is 11.9 Å². The van der Waals surface area contributed by atoms with Crippen molar-refractivity contribution in [3.05, 3.63) is 41.9 Å². The molecule has 36 heavy (non-hydrogen) atoms. The quantitative estimate of drug-likeness (QED) is 0.605. The average Bonchev–Trinajstić information content (AvgIpc) is 2.85. The molecule has 0 amide bonds. The molecule has 0 spiro atoms. The van der Waals surface area contributed by atoms with Crippen LogP contribution in [0.4, 0.5) is 11.9 Å². The average molecular weight is 505 g/mol. The lowest BCUT2D eigenvalue weighted by Crippen LogP contribution is -2.45. The van der Waals surface area contributed by atoms with Crippen LogP contribution >= 0.6 is 0 Å². The van der Waals surface area contributed by atoms with Crippen molar-refractivity contribution in [2.45, 2.75) is 76.3 Å². The molecular weight excluding hydrogens is 464 g/mol. The van der Waals surface area contributed by atoms with Gasteiger partial charge in [0.15, 0.2) is 0 Å². The van der Waals surface area contributed by atoms with Crippen molar-refractivity contribution in [1.29, 1.82) is 0 Å². The van der Waals surface area contributed by atoms with Crippen molar-refractivity contribution < 1.29 is 0 Å². The normalized spacial score (nSPS) is 16.8. The molecule has 12 heteroatoms. The summed E-state index contributed by atoms with van der Waals surface area (Å²) in [5.41, 5.74) is -1.36. The maximum absolute atomic E-state index is 12.3. The highest BCUT2D eigenvalue weighted by atomic mass is 16.2. The first-order chi connectivity index (χ1) is 17.0. The summed E-state index contributed by atoms with van der Waals surface area (Å²) in [5, 5.41) is 0. The Balaban J connectivity index is 0.000000201. The van der Waals surface area contributed by atoms with Crippen molar-refractivity contribution in [2.75, 3.05) is 38.0 Å². The van der Waals surface area contributed by atoms with E-state index in [0.29, 0.717) is 11.9 Å². The molecule has 0 aliphatic heterocycles. The summed E-state index contributed by atoms with van der Waals surface area (Å²) in [5.74, 6) is 0.800. The fraction of sp³-hybridized carbons (Fsp3) is 0.750.